The molecule has 0 aliphatic rings. The number of nitrogens with two attached hydrogens (primary N) is 1. The third-order valence-electron chi connectivity index (χ3n) is 2.68. The molecule has 1 aromatic rings. The van der Waals surface area contributed by atoms with E-state index in [1.807, 2.05) is 19.1 Å². The molecule has 0 atom stereocenters. The molecule has 1 aromatic carbocycles. The number of ether oxygens (including phenoxy) is 1. The highest BCUT2D eigenvalue weighted by atomic mass is 35.5. The van der Waals surface area contributed by atoms with E-state index in [-0.39, 0.29) is 5.84 Å². The predicted molar refractivity (Wildman–Crippen MR) is 76.8 cm³/mol. The van der Waals surface area contributed by atoms with Gasteiger partial charge in [0.05, 0.1) is 6.61 Å². The van der Waals surface area contributed by atoms with Gasteiger partial charge in [0.2, 0.25) is 0 Å². The van der Waals surface area contributed by atoms with Crippen molar-refractivity contribution in [1.82, 2.24) is 0 Å². The lowest BCUT2D eigenvalue weighted by Crippen LogP contribution is -2.29. The monoisotopic (exact) mass is 269 g/mol. The van der Waals surface area contributed by atoms with Crippen LogP contribution in [0.25, 0.3) is 0 Å². The van der Waals surface area contributed by atoms with Gasteiger partial charge in [0.25, 0.3) is 0 Å². The standard InChI is InChI=1S/C13H20ClN3O/c1-3-17(7-8-18-4-2)12-6-5-10(14)9-11(12)13(15)16/h5-6,9H,3-4,7-8H2,1-2H3,(H3,15,16). The number of likely N-dealkylation sites (N-methyl/N-ethyl adjacent to an activating group) is 1. The minimum Gasteiger partial charge on any atom is -0.384 e. The molecule has 100 valence electrons. The molecule has 0 amide bonds. The Kier molecular flexibility index (Phi) is 5.95. The van der Waals surface area contributed by atoms with Crippen LogP contribution in [0.15, 0.2) is 18.2 Å². The number of hydrogen-bond donors (Lipinski definition) is 2. The van der Waals surface area contributed by atoms with Crippen molar-refractivity contribution in [2.45, 2.75) is 13.8 Å². The first kappa shape index (κ1) is 14.8. The minimum atomic E-state index is 0.0300. The van der Waals surface area contributed by atoms with Crippen molar-refractivity contribution in [3.8, 4) is 0 Å². The second kappa shape index (κ2) is 7.24. The normalized spacial score (nSPS) is 10.4. The molecule has 0 spiro atoms. The zero-order valence-electron chi connectivity index (χ0n) is 10.9. The number of benzene rings is 1. The molecule has 0 fully saturated rings. The first-order chi connectivity index (χ1) is 8.60. The number of halogens is 1. The van der Waals surface area contributed by atoms with E-state index in [1.54, 1.807) is 6.07 Å². The Morgan fingerprint density at radius 3 is 2.72 bits per heavy atom. The SMILES string of the molecule is CCOCCN(CC)c1ccc(Cl)cc1C(=N)N. The van der Waals surface area contributed by atoms with Crippen molar-refractivity contribution in [3.63, 3.8) is 0 Å². The van der Waals surface area contributed by atoms with E-state index in [0.717, 1.165) is 18.8 Å². The first-order valence-corrected chi connectivity index (χ1v) is 6.44. The Morgan fingerprint density at radius 2 is 2.17 bits per heavy atom. The summed E-state index contributed by atoms with van der Waals surface area (Å²) < 4.78 is 5.36. The van der Waals surface area contributed by atoms with Crippen molar-refractivity contribution in [2.75, 3.05) is 31.2 Å². The molecule has 4 nitrogen and oxygen atoms in total. The predicted octanol–water partition coefficient (Wildman–Crippen LogP) is 2.49. The summed E-state index contributed by atoms with van der Waals surface area (Å²) in [5.41, 5.74) is 7.19. The van der Waals surface area contributed by atoms with Crippen LogP contribution >= 0.6 is 11.6 Å². The summed E-state index contributed by atoms with van der Waals surface area (Å²) >= 11 is 5.94. The van der Waals surface area contributed by atoms with Gasteiger partial charge in [-0.2, -0.15) is 0 Å². The van der Waals surface area contributed by atoms with Crippen LogP contribution in [0.5, 0.6) is 0 Å². The maximum Gasteiger partial charge on any atom is 0.124 e. The van der Waals surface area contributed by atoms with Gasteiger partial charge in [-0.05, 0) is 32.0 Å². The highest BCUT2D eigenvalue weighted by molar-refractivity contribution is 6.31. The molecule has 0 aliphatic heterocycles. The fourth-order valence-electron chi connectivity index (χ4n) is 1.77. The lowest BCUT2D eigenvalue weighted by atomic mass is 10.1. The largest absolute Gasteiger partial charge is 0.384 e. The van der Waals surface area contributed by atoms with Gasteiger partial charge >= 0.3 is 0 Å². The van der Waals surface area contributed by atoms with Crippen molar-refractivity contribution in [2.24, 2.45) is 5.73 Å². The number of nitrogen functional groups attached to an aromatic ring is 1. The molecule has 0 saturated heterocycles. The topological polar surface area (TPSA) is 62.3 Å². The lowest BCUT2D eigenvalue weighted by molar-refractivity contribution is 0.154. The fraction of sp³-hybridized carbons (Fsp3) is 0.462. The molecule has 1 rings (SSSR count). The zero-order valence-corrected chi connectivity index (χ0v) is 11.6. The van der Waals surface area contributed by atoms with E-state index in [1.165, 1.54) is 0 Å². The van der Waals surface area contributed by atoms with Crippen LogP contribution in [0, 0.1) is 5.41 Å². The zero-order chi connectivity index (χ0) is 13.5. The minimum absolute atomic E-state index is 0.0300. The third kappa shape index (κ3) is 3.89. The lowest BCUT2D eigenvalue weighted by Gasteiger charge is -2.25. The number of anilines is 1. The van der Waals surface area contributed by atoms with Gasteiger partial charge < -0.3 is 15.4 Å². The summed E-state index contributed by atoms with van der Waals surface area (Å²) in [6, 6.07) is 5.43. The van der Waals surface area contributed by atoms with Gasteiger partial charge in [-0.3, -0.25) is 5.41 Å². The number of hydrogen-bond acceptors (Lipinski definition) is 3. The van der Waals surface area contributed by atoms with Crippen LogP contribution in [-0.4, -0.2) is 32.1 Å². The molecule has 0 aromatic heterocycles. The molecule has 0 radical (unpaired) electrons. The van der Waals surface area contributed by atoms with Gasteiger partial charge in [0, 0.05) is 36.0 Å². The van der Waals surface area contributed by atoms with Crippen molar-refractivity contribution >= 4 is 23.1 Å². The second-order valence-corrected chi connectivity index (χ2v) is 4.29. The van der Waals surface area contributed by atoms with E-state index >= 15 is 0 Å². The summed E-state index contributed by atoms with van der Waals surface area (Å²) in [4.78, 5) is 2.13. The summed E-state index contributed by atoms with van der Waals surface area (Å²) in [5.74, 6) is 0.0300. The summed E-state index contributed by atoms with van der Waals surface area (Å²) in [7, 11) is 0. The molecule has 0 saturated carbocycles. The average Bonchev–Trinajstić information content (AvgIpc) is 2.35. The summed E-state index contributed by atoms with van der Waals surface area (Å²) in [6.07, 6.45) is 0. The highest BCUT2D eigenvalue weighted by Crippen LogP contribution is 2.23. The van der Waals surface area contributed by atoms with Gasteiger partial charge in [-0.15, -0.1) is 0 Å². The molecule has 0 bridgehead atoms. The van der Waals surface area contributed by atoms with E-state index < -0.39 is 0 Å². The van der Waals surface area contributed by atoms with Crippen molar-refractivity contribution in [3.05, 3.63) is 28.8 Å². The Labute approximate surface area is 113 Å². The van der Waals surface area contributed by atoms with Gasteiger partial charge in [-0.25, -0.2) is 0 Å². The third-order valence-corrected chi connectivity index (χ3v) is 2.92. The summed E-state index contributed by atoms with van der Waals surface area (Å²) in [6.45, 7) is 6.99. The first-order valence-electron chi connectivity index (χ1n) is 6.06. The van der Waals surface area contributed by atoms with E-state index in [0.29, 0.717) is 23.8 Å². The highest BCUT2D eigenvalue weighted by Gasteiger charge is 2.12. The maximum atomic E-state index is 7.62. The van der Waals surface area contributed by atoms with Crippen molar-refractivity contribution in [1.29, 1.82) is 5.41 Å². The van der Waals surface area contributed by atoms with Crippen LogP contribution in [0.1, 0.15) is 19.4 Å². The number of nitrogens with zero attached hydrogens (tertiary/aromatic N) is 1. The average molecular weight is 270 g/mol. The number of rotatable bonds is 7. The van der Waals surface area contributed by atoms with Crippen LogP contribution in [0.4, 0.5) is 5.69 Å². The molecule has 0 heterocycles. The fourth-order valence-corrected chi connectivity index (χ4v) is 1.94. The maximum absolute atomic E-state index is 7.62. The van der Waals surface area contributed by atoms with Crippen molar-refractivity contribution < 1.29 is 4.74 Å². The number of nitrogens with one attached hydrogen (secondary N) is 1. The van der Waals surface area contributed by atoms with Gasteiger partial charge in [0.1, 0.15) is 5.84 Å². The van der Waals surface area contributed by atoms with E-state index in [9.17, 15) is 0 Å². The molecule has 0 unspecified atom stereocenters. The van der Waals surface area contributed by atoms with Crippen LogP contribution in [0.2, 0.25) is 5.02 Å². The van der Waals surface area contributed by atoms with Gasteiger partial charge in [0.15, 0.2) is 0 Å². The molecular formula is C13H20ClN3O. The summed E-state index contributed by atoms with van der Waals surface area (Å²) in [5, 5.41) is 8.20. The molecule has 18 heavy (non-hydrogen) atoms. The molecule has 0 aliphatic carbocycles. The Bertz CT molecular complexity index is 409. The smallest absolute Gasteiger partial charge is 0.124 e. The van der Waals surface area contributed by atoms with Crippen LogP contribution < -0.4 is 10.6 Å². The number of amidine groups is 1. The molecule has 3 N–H and O–H groups in total. The van der Waals surface area contributed by atoms with Crippen LogP contribution in [0.3, 0.4) is 0 Å². The second-order valence-electron chi connectivity index (χ2n) is 3.85. The van der Waals surface area contributed by atoms with E-state index in [4.69, 9.17) is 27.5 Å². The Hall–Kier alpha value is -1.26. The van der Waals surface area contributed by atoms with Crippen LogP contribution in [-0.2, 0) is 4.74 Å². The molecular weight excluding hydrogens is 250 g/mol. The van der Waals surface area contributed by atoms with E-state index in [2.05, 4.69) is 11.8 Å². The molecule has 5 heteroatoms. The van der Waals surface area contributed by atoms with Gasteiger partial charge in [-0.1, -0.05) is 11.6 Å². The Morgan fingerprint density at radius 1 is 1.44 bits per heavy atom. The quantitative estimate of drug-likeness (QED) is 0.454. The Balaban J connectivity index is 2.93.